The summed E-state index contributed by atoms with van der Waals surface area (Å²) in [6, 6.07) is 7.47. The average Bonchev–Trinajstić information content (AvgIpc) is 2.48. The third-order valence-corrected chi connectivity index (χ3v) is 3.19. The van der Waals surface area contributed by atoms with Crippen LogP contribution in [0, 0.1) is 12.7 Å². The molecular weight excluding hydrogens is 275 g/mol. The highest BCUT2D eigenvalue weighted by molar-refractivity contribution is 5.96. The maximum atomic E-state index is 13.8. The Morgan fingerprint density at radius 3 is 2.10 bits per heavy atom. The molecule has 0 unspecified atom stereocenters. The van der Waals surface area contributed by atoms with Gasteiger partial charge >= 0.3 is 5.97 Å². The van der Waals surface area contributed by atoms with Crippen molar-refractivity contribution in [1.29, 1.82) is 0 Å². The zero-order valence-electron chi connectivity index (χ0n) is 11.9. The summed E-state index contributed by atoms with van der Waals surface area (Å²) in [7, 11) is 2.98. The highest BCUT2D eigenvalue weighted by Crippen LogP contribution is 2.33. The van der Waals surface area contributed by atoms with Crippen LogP contribution in [0.15, 0.2) is 30.3 Å². The van der Waals surface area contributed by atoms with Gasteiger partial charge in [-0.15, -0.1) is 0 Å². The van der Waals surface area contributed by atoms with Crippen LogP contribution in [0.2, 0.25) is 0 Å². The molecule has 0 aliphatic heterocycles. The SMILES string of the molecule is COc1cc(OC)cc(-c2cc(F)c(C)cc2C(=O)O)c1. The molecule has 2 aromatic carbocycles. The molecule has 0 radical (unpaired) electrons. The summed E-state index contributed by atoms with van der Waals surface area (Å²) in [5.74, 6) is -0.574. The van der Waals surface area contributed by atoms with Gasteiger partial charge in [-0.25, -0.2) is 9.18 Å². The van der Waals surface area contributed by atoms with Crippen LogP contribution in [0.5, 0.6) is 11.5 Å². The molecule has 1 N–H and O–H groups in total. The van der Waals surface area contributed by atoms with Crippen LogP contribution in [0.1, 0.15) is 15.9 Å². The minimum absolute atomic E-state index is 0.0317. The summed E-state index contributed by atoms with van der Waals surface area (Å²) in [5.41, 5.74) is 1.11. The second-order valence-corrected chi connectivity index (χ2v) is 4.55. The van der Waals surface area contributed by atoms with Gasteiger partial charge in [-0.1, -0.05) is 0 Å². The number of benzene rings is 2. The van der Waals surface area contributed by atoms with Gasteiger partial charge in [-0.3, -0.25) is 0 Å². The number of rotatable bonds is 4. The van der Waals surface area contributed by atoms with Crippen molar-refractivity contribution in [3.63, 3.8) is 0 Å². The number of carbonyl (C=O) groups is 1. The Balaban J connectivity index is 2.71. The minimum Gasteiger partial charge on any atom is -0.497 e. The molecule has 0 saturated carbocycles. The lowest BCUT2D eigenvalue weighted by atomic mass is 9.97. The number of ether oxygens (including phenoxy) is 2. The van der Waals surface area contributed by atoms with Gasteiger partial charge in [-0.05, 0) is 47.9 Å². The Bertz CT molecular complexity index is 673. The van der Waals surface area contributed by atoms with Crippen LogP contribution in [0.3, 0.4) is 0 Å². The number of methoxy groups -OCH3 is 2. The van der Waals surface area contributed by atoms with Crippen molar-refractivity contribution in [1.82, 2.24) is 0 Å². The number of carboxylic acids is 1. The van der Waals surface area contributed by atoms with Crippen LogP contribution < -0.4 is 9.47 Å². The lowest BCUT2D eigenvalue weighted by molar-refractivity contribution is 0.0697. The maximum Gasteiger partial charge on any atom is 0.336 e. The summed E-state index contributed by atoms with van der Waals surface area (Å²) in [4.78, 5) is 11.4. The van der Waals surface area contributed by atoms with Gasteiger partial charge in [0.15, 0.2) is 0 Å². The summed E-state index contributed by atoms with van der Waals surface area (Å²) in [5, 5.41) is 9.31. The fourth-order valence-corrected chi connectivity index (χ4v) is 2.06. The third-order valence-electron chi connectivity index (χ3n) is 3.19. The van der Waals surface area contributed by atoms with Crippen molar-refractivity contribution in [2.45, 2.75) is 6.92 Å². The predicted molar refractivity (Wildman–Crippen MR) is 76.6 cm³/mol. The molecule has 0 bridgehead atoms. The molecule has 4 nitrogen and oxygen atoms in total. The van der Waals surface area contributed by atoms with E-state index < -0.39 is 11.8 Å². The summed E-state index contributed by atoms with van der Waals surface area (Å²) >= 11 is 0. The number of hydrogen-bond acceptors (Lipinski definition) is 3. The lowest BCUT2D eigenvalue weighted by Gasteiger charge is -2.12. The molecule has 21 heavy (non-hydrogen) atoms. The lowest BCUT2D eigenvalue weighted by Crippen LogP contribution is -2.02. The molecule has 0 saturated heterocycles. The molecule has 0 heterocycles. The Morgan fingerprint density at radius 1 is 1.05 bits per heavy atom. The standard InChI is InChI=1S/C16H15FO4/c1-9-4-14(16(18)19)13(8-15(9)17)10-5-11(20-2)7-12(6-10)21-3/h4-8H,1-3H3,(H,18,19). The Morgan fingerprint density at radius 2 is 1.62 bits per heavy atom. The van der Waals surface area contributed by atoms with E-state index in [0.717, 1.165) is 0 Å². The predicted octanol–water partition coefficient (Wildman–Crippen LogP) is 3.52. The second-order valence-electron chi connectivity index (χ2n) is 4.55. The minimum atomic E-state index is -1.12. The first kappa shape index (κ1) is 14.8. The molecule has 0 amide bonds. The smallest absolute Gasteiger partial charge is 0.336 e. The van der Waals surface area contributed by atoms with E-state index in [2.05, 4.69) is 0 Å². The number of carboxylic acid groups (broad SMARTS) is 1. The van der Waals surface area contributed by atoms with Crippen LogP contribution in [-0.2, 0) is 0 Å². The maximum absolute atomic E-state index is 13.8. The van der Waals surface area contributed by atoms with Gasteiger partial charge in [0, 0.05) is 6.07 Å². The molecule has 110 valence electrons. The summed E-state index contributed by atoms with van der Waals surface area (Å²) in [6.07, 6.45) is 0. The molecule has 0 aliphatic carbocycles. The molecule has 0 aromatic heterocycles. The number of halogens is 1. The zero-order valence-corrected chi connectivity index (χ0v) is 11.9. The van der Waals surface area contributed by atoms with Gasteiger partial charge in [0.25, 0.3) is 0 Å². The Kier molecular flexibility index (Phi) is 4.12. The van der Waals surface area contributed by atoms with Crippen LogP contribution in [0.25, 0.3) is 11.1 Å². The monoisotopic (exact) mass is 290 g/mol. The van der Waals surface area contributed by atoms with Gasteiger partial charge in [0.1, 0.15) is 17.3 Å². The first-order valence-corrected chi connectivity index (χ1v) is 6.23. The fraction of sp³-hybridized carbons (Fsp3) is 0.188. The molecule has 0 spiro atoms. The van der Waals surface area contributed by atoms with E-state index in [1.807, 2.05) is 0 Å². The van der Waals surface area contributed by atoms with E-state index in [4.69, 9.17) is 9.47 Å². The van der Waals surface area contributed by atoms with E-state index >= 15 is 0 Å². The van der Waals surface area contributed by atoms with Crippen LogP contribution >= 0.6 is 0 Å². The number of aryl methyl sites for hydroxylation is 1. The van der Waals surface area contributed by atoms with Crippen molar-refractivity contribution < 1.29 is 23.8 Å². The second kappa shape index (κ2) is 5.83. The number of hydrogen-bond donors (Lipinski definition) is 1. The van der Waals surface area contributed by atoms with Crippen molar-refractivity contribution in [3.8, 4) is 22.6 Å². The first-order chi connectivity index (χ1) is 9.96. The van der Waals surface area contributed by atoms with E-state index in [-0.39, 0.29) is 16.7 Å². The fourth-order valence-electron chi connectivity index (χ4n) is 2.06. The molecule has 0 atom stereocenters. The first-order valence-electron chi connectivity index (χ1n) is 6.23. The van der Waals surface area contributed by atoms with Gasteiger partial charge < -0.3 is 14.6 Å². The normalized spacial score (nSPS) is 10.3. The van der Waals surface area contributed by atoms with E-state index in [1.165, 1.54) is 33.3 Å². The Hall–Kier alpha value is -2.56. The van der Waals surface area contributed by atoms with Gasteiger partial charge in [0.05, 0.1) is 19.8 Å². The zero-order chi connectivity index (χ0) is 15.6. The average molecular weight is 290 g/mol. The summed E-state index contributed by atoms with van der Waals surface area (Å²) < 4.78 is 24.1. The third kappa shape index (κ3) is 2.97. The van der Waals surface area contributed by atoms with Crippen LogP contribution in [-0.4, -0.2) is 25.3 Å². The topological polar surface area (TPSA) is 55.8 Å². The van der Waals surface area contributed by atoms with Crippen molar-refractivity contribution in [2.75, 3.05) is 14.2 Å². The van der Waals surface area contributed by atoms with Gasteiger partial charge in [0.2, 0.25) is 0 Å². The van der Waals surface area contributed by atoms with Gasteiger partial charge in [-0.2, -0.15) is 0 Å². The van der Waals surface area contributed by atoms with Crippen LogP contribution in [0.4, 0.5) is 4.39 Å². The summed E-state index contributed by atoms with van der Waals surface area (Å²) in [6.45, 7) is 1.53. The quantitative estimate of drug-likeness (QED) is 0.936. The molecule has 5 heteroatoms. The molecule has 2 aromatic rings. The molecule has 2 rings (SSSR count). The van der Waals surface area contributed by atoms with Crippen molar-refractivity contribution in [2.24, 2.45) is 0 Å². The molecule has 0 aliphatic rings. The Labute approximate surface area is 121 Å². The number of aromatic carboxylic acids is 1. The largest absolute Gasteiger partial charge is 0.497 e. The van der Waals surface area contributed by atoms with E-state index in [0.29, 0.717) is 17.1 Å². The highest BCUT2D eigenvalue weighted by atomic mass is 19.1. The van der Waals surface area contributed by atoms with Crippen molar-refractivity contribution in [3.05, 3.63) is 47.3 Å². The highest BCUT2D eigenvalue weighted by Gasteiger charge is 2.16. The molecular formula is C16H15FO4. The van der Waals surface area contributed by atoms with Crippen molar-refractivity contribution >= 4 is 5.97 Å². The van der Waals surface area contributed by atoms with E-state index in [1.54, 1.807) is 18.2 Å². The van der Waals surface area contributed by atoms with E-state index in [9.17, 15) is 14.3 Å². The molecule has 0 fully saturated rings.